The van der Waals surface area contributed by atoms with Gasteiger partial charge in [0.15, 0.2) is 0 Å². The molecule has 0 saturated heterocycles. The number of rotatable bonds is 1. The minimum atomic E-state index is 1.05. The number of hydrogen-bond acceptors (Lipinski definition) is 0. The van der Waals surface area contributed by atoms with Gasteiger partial charge in [-0.3, -0.25) is 0 Å². The Morgan fingerprint density at radius 2 is 0.350 bits per heavy atom. The van der Waals surface area contributed by atoms with Crippen LogP contribution in [-0.4, -0.2) is 10.7 Å². The van der Waals surface area contributed by atoms with E-state index < -0.39 is 0 Å². The molecule has 0 aliphatic carbocycles. The van der Waals surface area contributed by atoms with Crippen LogP contribution in [0.5, 0.6) is 0 Å². The molecule has 0 spiro atoms. The molecular weight excluding hydrogens is 376 g/mol. The number of halogens is 2. The van der Waals surface area contributed by atoms with Crippen molar-refractivity contribution < 1.29 is 0 Å². The van der Waals surface area contributed by atoms with Gasteiger partial charge in [0.1, 0.15) is 0 Å². The van der Waals surface area contributed by atoms with E-state index in [1.807, 2.05) is 0 Å². The van der Waals surface area contributed by atoms with Crippen LogP contribution in [0.2, 0.25) is 0 Å². The Bertz CT molecular complexity index is 49.8. The summed E-state index contributed by atoms with van der Waals surface area (Å²) in [5.74, 6) is 0. The van der Waals surface area contributed by atoms with Crippen LogP contribution < -0.4 is 0 Å². The van der Waals surface area contributed by atoms with Crippen molar-refractivity contribution in [2.24, 2.45) is 0 Å². The van der Waals surface area contributed by atoms with Crippen molar-refractivity contribution >= 4 is 31.9 Å². The SMILES string of the molecule is BrCCBr.C=C.C=C.C=C.C=C.C=C.C=C.C=C.C=C. The molecular formula is C18H36Br2. The highest BCUT2D eigenvalue weighted by Crippen LogP contribution is 1.82. The lowest BCUT2D eigenvalue weighted by atomic mass is 11.0. The summed E-state index contributed by atoms with van der Waals surface area (Å²) in [6, 6.07) is 0. The summed E-state index contributed by atoms with van der Waals surface area (Å²) >= 11 is 6.40. The van der Waals surface area contributed by atoms with E-state index in [9.17, 15) is 0 Å². The Morgan fingerprint density at radius 1 is 0.300 bits per heavy atom. The predicted molar refractivity (Wildman–Crippen MR) is 118 cm³/mol. The normalized spacial score (nSPS) is 3.10. The van der Waals surface area contributed by atoms with Crippen molar-refractivity contribution in [3.8, 4) is 0 Å². The monoisotopic (exact) mass is 410 g/mol. The summed E-state index contributed by atoms with van der Waals surface area (Å²) in [4.78, 5) is 0. The molecule has 2 heteroatoms. The Kier molecular flexibility index (Phi) is 20300. The number of hydrogen-bond donors (Lipinski definition) is 0. The molecule has 0 aromatic heterocycles. The summed E-state index contributed by atoms with van der Waals surface area (Å²) in [5.41, 5.74) is 0. The molecule has 0 aromatic carbocycles. The first-order valence-electron chi connectivity index (χ1n) is 5.03. The zero-order chi connectivity index (χ0) is 19.4. The molecule has 0 radical (unpaired) electrons. The maximum Gasteiger partial charge on any atom is 0.0129 e. The largest absolute Gasteiger partial charge is 0.106 e. The average Bonchev–Trinajstić information content (AvgIpc) is 2.68. The van der Waals surface area contributed by atoms with Crippen LogP contribution in [0.25, 0.3) is 0 Å². The van der Waals surface area contributed by atoms with Crippen molar-refractivity contribution in [2.75, 3.05) is 10.7 Å². The molecule has 20 heavy (non-hydrogen) atoms. The second kappa shape index (κ2) is 6580. The average molecular weight is 412 g/mol. The van der Waals surface area contributed by atoms with Gasteiger partial charge in [-0.1, -0.05) is 31.9 Å². The van der Waals surface area contributed by atoms with Crippen LogP contribution in [0, 0.1) is 0 Å². The van der Waals surface area contributed by atoms with E-state index in [0.29, 0.717) is 0 Å². The van der Waals surface area contributed by atoms with Crippen molar-refractivity contribution in [3.05, 3.63) is 105 Å². The molecule has 122 valence electrons. The quantitative estimate of drug-likeness (QED) is 0.301. The van der Waals surface area contributed by atoms with Gasteiger partial charge in [0.05, 0.1) is 0 Å². The maximum absolute atomic E-state index is 3.20. The number of alkyl halides is 2. The fourth-order valence-electron chi connectivity index (χ4n) is 0. The molecule has 0 bridgehead atoms. The minimum absolute atomic E-state index is 1.05. The Labute approximate surface area is 147 Å². The van der Waals surface area contributed by atoms with E-state index in [-0.39, 0.29) is 0 Å². The van der Waals surface area contributed by atoms with Crippen LogP contribution >= 0.6 is 31.9 Å². The van der Waals surface area contributed by atoms with Gasteiger partial charge >= 0.3 is 0 Å². The molecule has 0 aliphatic rings. The van der Waals surface area contributed by atoms with Crippen LogP contribution in [0.4, 0.5) is 0 Å². The van der Waals surface area contributed by atoms with Gasteiger partial charge in [0, 0.05) is 10.7 Å². The Hall–Kier alpha value is -1.12. The first-order valence-corrected chi connectivity index (χ1v) is 7.28. The third-order valence-corrected chi connectivity index (χ3v) is 1.93. The van der Waals surface area contributed by atoms with Gasteiger partial charge in [-0.25, -0.2) is 0 Å². The molecule has 0 atom stereocenters. The van der Waals surface area contributed by atoms with E-state index in [2.05, 4.69) is 137 Å². The molecule has 0 aliphatic heterocycles. The van der Waals surface area contributed by atoms with Crippen LogP contribution in [-0.2, 0) is 0 Å². The fraction of sp³-hybridized carbons (Fsp3) is 0.111. The minimum Gasteiger partial charge on any atom is -0.106 e. The summed E-state index contributed by atoms with van der Waals surface area (Å²) in [6.45, 7) is 48.0. The van der Waals surface area contributed by atoms with Crippen LogP contribution in [0.1, 0.15) is 0 Å². The van der Waals surface area contributed by atoms with Gasteiger partial charge in [0.2, 0.25) is 0 Å². The molecule has 0 fully saturated rings. The van der Waals surface area contributed by atoms with Crippen molar-refractivity contribution in [2.45, 2.75) is 0 Å². The topological polar surface area (TPSA) is 0 Å². The molecule has 0 saturated carbocycles. The highest BCUT2D eigenvalue weighted by Gasteiger charge is 1.60. The molecule has 0 nitrogen and oxygen atoms in total. The zero-order valence-electron chi connectivity index (χ0n) is 13.5. The molecule has 0 rings (SSSR count). The second-order valence-corrected chi connectivity index (χ2v) is 1.96. The Balaban J connectivity index is -0.00000000993. The van der Waals surface area contributed by atoms with Gasteiger partial charge in [0.25, 0.3) is 0 Å². The molecule has 0 heterocycles. The third kappa shape index (κ3) is 296000. The van der Waals surface area contributed by atoms with Crippen molar-refractivity contribution in [1.29, 1.82) is 0 Å². The van der Waals surface area contributed by atoms with E-state index in [4.69, 9.17) is 0 Å². The summed E-state index contributed by atoms with van der Waals surface area (Å²) in [5, 5.41) is 2.10. The molecule has 0 unspecified atom stereocenters. The van der Waals surface area contributed by atoms with Crippen molar-refractivity contribution in [1.82, 2.24) is 0 Å². The fourth-order valence-corrected chi connectivity index (χ4v) is 0. The van der Waals surface area contributed by atoms with E-state index >= 15 is 0 Å². The zero-order valence-corrected chi connectivity index (χ0v) is 16.7. The van der Waals surface area contributed by atoms with Crippen LogP contribution in [0.15, 0.2) is 105 Å². The Morgan fingerprint density at radius 3 is 0.350 bits per heavy atom. The first kappa shape index (κ1) is 61.8. The van der Waals surface area contributed by atoms with Gasteiger partial charge in [-0.05, 0) is 0 Å². The lowest BCUT2D eigenvalue weighted by molar-refractivity contribution is 1.62. The van der Waals surface area contributed by atoms with E-state index in [1.54, 1.807) is 0 Å². The van der Waals surface area contributed by atoms with Gasteiger partial charge < -0.3 is 0 Å². The summed E-state index contributed by atoms with van der Waals surface area (Å²) < 4.78 is 0. The van der Waals surface area contributed by atoms with Crippen LogP contribution in [0.3, 0.4) is 0 Å². The molecule has 0 N–H and O–H groups in total. The first-order chi connectivity index (χ1) is 9.91. The standard InChI is InChI=1S/C2H4Br2.8C2H4/c3-1-2-4;8*1-2/h1-2H2;8*1-2H2. The predicted octanol–water partition coefficient (Wildman–Crippen LogP) is 8.19. The molecule has 0 aromatic rings. The smallest absolute Gasteiger partial charge is 0.0129 e. The van der Waals surface area contributed by atoms with E-state index in [0.717, 1.165) is 10.7 Å². The lowest BCUT2D eigenvalue weighted by Gasteiger charge is -1.63. The van der Waals surface area contributed by atoms with E-state index in [1.165, 1.54) is 0 Å². The lowest BCUT2D eigenvalue weighted by Crippen LogP contribution is -1.61. The highest BCUT2D eigenvalue weighted by atomic mass is 79.9. The summed E-state index contributed by atoms with van der Waals surface area (Å²) in [7, 11) is 0. The highest BCUT2D eigenvalue weighted by molar-refractivity contribution is 9.11. The summed E-state index contributed by atoms with van der Waals surface area (Å²) in [6.07, 6.45) is 0. The van der Waals surface area contributed by atoms with Gasteiger partial charge in [-0.2, -0.15) is 0 Å². The maximum atomic E-state index is 3.20. The van der Waals surface area contributed by atoms with Gasteiger partial charge in [-0.15, -0.1) is 105 Å². The third-order valence-electron chi connectivity index (χ3n) is 0.0714. The second-order valence-electron chi connectivity index (χ2n) is 0.378. The molecule has 0 amide bonds. The van der Waals surface area contributed by atoms with Crippen molar-refractivity contribution in [3.63, 3.8) is 0 Å².